The SMILES string of the molecule is CSc1cccc(Sc2nc(C)cs2)c1/C(N)=N/O. The second-order valence-electron chi connectivity index (χ2n) is 3.68. The van der Waals surface area contributed by atoms with Gasteiger partial charge in [-0.05, 0) is 25.3 Å². The van der Waals surface area contributed by atoms with Crippen LogP contribution in [-0.4, -0.2) is 22.3 Å². The number of hydrogen-bond acceptors (Lipinski definition) is 6. The van der Waals surface area contributed by atoms with Crippen molar-refractivity contribution < 1.29 is 5.21 Å². The molecule has 0 amide bonds. The van der Waals surface area contributed by atoms with E-state index in [1.807, 2.05) is 36.8 Å². The molecule has 7 heteroatoms. The molecule has 100 valence electrons. The van der Waals surface area contributed by atoms with Crippen LogP contribution in [0.3, 0.4) is 0 Å². The molecule has 2 rings (SSSR count). The van der Waals surface area contributed by atoms with E-state index < -0.39 is 0 Å². The van der Waals surface area contributed by atoms with Gasteiger partial charge in [0.2, 0.25) is 0 Å². The Morgan fingerprint density at radius 2 is 2.16 bits per heavy atom. The molecule has 0 fully saturated rings. The molecule has 3 N–H and O–H groups in total. The van der Waals surface area contributed by atoms with Crippen molar-refractivity contribution in [3.63, 3.8) is 0 Å². The van der Waals surface area contributed by atoms with Crippen molar-refractivity contribution >= 4 is 40.7 Å². The second-order valence-corrected chi connectivity index (χ2v) is 6.67. The molecular weight excluding hydrogens is 298 g/mol. The molecule has 0 aliphatic carbocycles. The van der Waals surface area contributed by atoms with Gasteiger partial charge in [0.25, 0.3) is 0 Å². The molecule has 19 heavy (non-hydrogen) atoms. The number of aromatic nitrogens is 1. The van der Waals surface area contributed by atoms with Crippen molar-refractivity contribution in [2.24, 2.45) is 10.9 Å². The number of hydrogen-bond donors (Lipinski definition) is 2. The molecule has 0 aliphatic heterocycles. The smallest absolute Gasteiger partial charge is 0.172 e. The van der Waals surface area contributed by atoms with Crippen LogP contribution in [0, 0.1) is 6.92 Å². The fraction of sp³-hybridized carbons (Fsp3) is 0.167. The minimum absolute atomic E-state index is 0.126. The lowest BCUT2D eigenvalue weighted by atomic mass is 10.2. The highest BCUT2D eigenvalue weighted by Crippen LogP contribution is 2.36. The van der Waals surface area contributed by atoms with E-state index >= 15 is 0 Å². The predicted octanol–water partition coefficient (Wildman–Crippen LogP) is 3.42. The van der Waals surface area contributed by atoms with Gasteiger partial charge < -0.3 is 10.9 Å². The monoisotopic (exact) mass is 311 g/mol. The van der Waals surface area contributed by atoms with Gasteiger partial charge in [0.05, 0.1) is 0 Å². The standard InChI is InChI=1S/C12H13N3OS3/c1-7-6-18-12(14-7)19-9-5-3-4-8(17-2)10(9)11(13)15-16/h3-6,16H,1-2H3,(H2,13,15). The first-order valence-electron chi connectivity index (χ1n) is 5.40. The van der Waals surface area contributed by atoms with Gasteiger partial charge in [-0.2, -0.15) is 0 Å². The van der Waals surface area contributed by atoms with Crippen molar-refractivity contribution in [1.29, 1.82) is 0 Å². The van der Waals surface area contributed by atoms with Crippen molar-refractivity contribution in [3.05, 3.63) is 34.8 Å². The van der Waals surface area contributed by atoms with Crippen LogP contribution in [0.15, 0.2) is 42.9 Å². The number of thioether (sulfide) groups is 1. The number of rotatable bonds is 4. The Bertz CT molecular complexity index is 610. The zero-order valence-corrected chi connectivity index (χ0v) is 12.9. The summed E-state index contributed by atoms with van der Waals surface area (Å²) in [5.74, 6) is 0.126. The van der Waals surface area contributed by atoms with Gasteiger partial charge in [-0.1, -0.05) is 23.0 Å². The third-order valence-corrected chi connectivity index (χ3v) is 5.26. The molecule has 1 heterocycles. The van der Waals surface area contributed by atoms with E-state index in [0.29, 0.717) is 0 Å². The number of oxime groups is 1. The number of nitrogens with zero attached hydrogens (tertiary/aromatic N) is 2. The summed E-state index contributed by atoms with van der Waals surface area (Å²) in [6.07, 6.45) is 1.96. The summed E-state index contributed by atoms with van der Waals surface area (Å²) in [6.45, 7) is 1.96. The van der Waals surface area contributed by atoms with E-state index in [-0.39, 0.29) is 5.84 Å². The van der Waals surface area contributed by atoms with Crippen LogP contribution in [0.1, 0.15) is 11.3 Å². The van der Waals surface area contributed by atoms with Crippen LogP contribution in [-0.2, 0) is 0 Å². The first-order valence-corrected chi connectivity index (χ1v) is 8.32. The van der Waals surface area contributed by atoms with E-state index in [9.17, 15) is 0 Å². The summed E-state index contributed by atoms with van der Waals surface area (Å²) in [4.78, 5) is 6.34. The Morgan fingerprint density at radius 3 is 2.74 bits per heavy atom. The minimum Gasteiger partial charge on any atom is -0.409 e. The molecule has 0 bridgehead atoms. The van der Waals surface area contributed by atoms with Crippen LogP contribution in [0.5, 0.6) is 0 Å². The van der Waals surface area contributed by atoms with E-state index in [1.165, 1.54) is 11.8 Å². The molecule has 0 unspecified atom stereocenters. The fourth-order valence-corrected chi connectivity index (χ4v) is 4.21. The quantitative estimate of drug-likeness (QED) is 0.298. The zero-order valence-electron chi connectivity index (χ0n) is 10.5. The van der Waals surface area contributed by atoms with Crippen LogP contribution < -0.4 is 5.73 Å². The average molecular weight is 311 g/mol. The Hall–Kier alpha value is -1.18. The minimum atomic E-state index is 0.126. The van der Waals surface area contributed by atoms with E-state index in [0.717, 1.165) is 25.4 Å². The highest BCUT2D eigenvalue weighted by molar-refractivity contribution is 8.01. The fourth-order valence-electron chi connectivity index (χ4n) is 1.54. The third-order valence-electron chi connectivity index (χ3n) is 2.37. The molecule has 1 aromatic carbocycles. The van der Waals surface area contributed by atoms with Crippen molar-refractivity contribution in [2.45, 2.75) is 21.1 Å². The summed E-state index contributed by atoms with van der Waals surface area (Å²) < 4.78 is 0.947. The summed E-state index contributed by atoms with van der Waals surface area (Å²) >= 11 is 4.68. The van der Waals surface area contributed by atoms with Gasteiger partial charge in [0.15, 0.2) is 10.2 Å². The van der Waals surface area contributed by atoms with Crippen molar-refractivity contribution in [3.8, 4) is 0 Å². The maximum absolute atomic E-state index is 8.93. The van der Waals surface area contributed by atoms with Gasteiger partial charge in [0.1, 0.15) is 0 Å². The Balaban J connectivity index is 2.44. The zero-order chi connectivity index (χ0) is 13.8. The summed E-state index contributed by atoms with van der Waals surface area (Å²) in [7, 11) is 0. The maximum Gasteiger partial charge on any atom is 0.172 e. The maximum atomic E-state index is 8.93. The van der Waals surface area contributed by atoms with Crippen LogP contribution in [0.25, 0.3) is 0 Å². The summed E-state index contributed by atoms with van der Waals surface area (Å²) in [5, 5.41) is 14.1. The molecule has 4 nitrogen and oxygen atoms in total. The molecule has 0 radical (unpaired) electrons. The molecule has 2 aromatic rings. The summed E-state index contributed by atoms with van der Waals surface area (Å²) in [6, 6.07) is 5.87. The van der Waals surface area contributed by atoms with Gasteiger partial charge >= 0.3 is 0 Å². The molecule has 0 atom stereocenters. The molecule has 1 aromatic heterocycles. The van der Waals surface area contributed by atoms with Crippen molar-refractivity contribution in [1.82, 2.24) is 4.98 Å². The van der Waals surface area contributed by atoms with Crippen molar-refractivity contribution in [2.75, 3.05) is 6.26 Å². The van der Waals surface area contributed by atoms with E-state index in [1.54, 1.807) is 23.1 Å². The number of nitrogens with two attached hydrogens (primary N) is 1. The number of amidine groups is 1. The Morgan fingerprint density at radius 1 is 1.42 bits per heavy atom. The number of aryl methyl sites for hydroxylation is 1. The average Bonchev–Trinajstić information content (AvgIpc) is 2.83. The number of benzene rings is 1. The number of thiazole rings is 1. The third kappa shape index (κ3) is 3.23. The van der Waals surface area contributed by atoms with Gasteiger partial charge in [-0.25, -0.2) is 4.98 Å². The lowest BCUT2D eigenvalue weighted by molar-refractivity contribution is 0.318. The predicted molar refractivity (Wildman–Crippen MR) is 81.7 cm³/mol. The first-order chi connectivity index (χ1) is 9.15. The second kappa shape index (κ2) is 6.31. The topological polar surface area (TPSA) is 71.5 Å². The lowest BCUT2D eigenvalue weighted by Gasteiger charge is -2.10. The van der Waals surface area contributed by atoms with Crippen LogP contribution in [0.2, 0.25) is 0 Å². The first kappa shape index (κ1) is 14.2. The van der Waals surface area contributed by atoms with E-state index in [2.05, 4.69) is 10.1 Å². The highest BCUT2D eigenvalue weighted by atomic mass is 32.2. The normalized spacial score (nSPS) is 11.8. The molecule has 0 saturated heterocycles. The summed E-state index contributed by atoms with van der Waals surface area (Å²) in [5.41, 5.74) is 7.55. The highest BCUT2D eigenvalue weighted by Gasteiger charge is 2.14. The van der Waals surface area contributed by atoms with Gasteiger partial charge in [0, 0.05) is 26.4 Å². The molecule has 0 spiro atoms. The lowest BCUT2D eigenvalue weighted by Crippen LogP contribution is -2.15. The molecule has 0 aliphatic rings. The van der Waals surface area contributed by atoms with Crippen LogP contribution >= 0.6 is 34.9 Å². The Kier molecular flexibility index (Phi) is 4.73. The molecular formula is C12H13N3OS3. The van der Waals surface area contributed by atoms with Crippen LogP contribution in [0.4, 0.5) is 0 Å². The van der Waals surface area contributed by atoms with E-state index in [4.69, 9.17) is 10.9 Å². The Labute approximate surface area is 124 Å². The largest absolute Gasteiger partial charge is 0.409 e. The molecule has 0 saturated carbocycles. The van der Waals surface area contributed by atoms with Gasteiger partial charge in [-0.15, -0.1) is 23.1 Å². The van der Waals surface area contributed by atoms with Gasteiger partial charge in [-0.3, -0.25) is 0 Å².